The lowest BCUT2D eigenvalue weighted by Crippen LogP contribution is -2.45. The fourth-order valence-corrected chi connectivity index (χ4v) is 6.33. The van der Waals surface area contributed by atoms with Gasteiger partial charge in [-0.1, -0.05) is 0 Å². The van der Waals surface area contributed by atoms with Crippen LogP contribution >= 0.6 is 11.3 Å². The molecule has 1 atom stereocenters. The number of hydrogen-bond acceptors (Lipinski definition) is 5. The van der Waals surface area contributed by atoms with Gasteiger partial charge in [-0.3, -0.25) is 9.48 Å². The number of hydrogen-bond donors (Lipinski definition) is 0. The Hall–Kier alpha value is -1.67. The van der Waals surface area contributed by atoms with Gasteiger partial charge >= 0.3 is 0 Å². The zero-order chi connectivity index (χ0) is 17.6. The molecule has 0 unspecified atom stereocenters. The van der Waals surface area contributed by atoms with Crippen molar-refractivity contribution >= 4 is 27.1 Å². The number of nitrogens with zero attached hydrogens (tertiary/aromatic N) is 3. The predicted molar refractivity (Wildman–Crippen MR) is 96.7 cm³/mol. The zero-order valence-electron chi connectivity index (χ0n) is 14.1. The van der Waals surface area contributed by atoms with Crippen LogP contribution in [0.3, 0.4) is 0 Å². The van der Waals surface area contributed by atoms with E-state index in [1.165, 1.54) is 10.4 Å². The highest BCUT2D eigenvalue weighted by Gasteiger charge is 2.37. The van der Waals surface area contributed by atoms with Crippen molar-refractivity contribution in [3.8, 4) is 0 Å². The van der Waals surface area contributed by atoms with Crippen molar-refractivity contribution in [1.29, 1.82) is 0 Å². The van der Waals surface area contributed by atoms with E-state index in [-0.39, 0.29) is 24.0 Å². The van der Waals surface area contributed by atoms with Crippen LogP contribution in [0.5, 0.6) is 0 Å². The summed E-state index contributed by atoms with van der Waals surface area (Å²) in [6.07, 6.45) is 6.79. The number of aromatic nitrogens is 2. The van der Waals surface area contributed by atoms with E-state index in [4.69, 9.17) is 0 Å². The number of rotatable bonds is 3. The summed E-state index contributed by atoms with van der Waals surface area (Å²) in [7, 11) is -3.15. The highest BCUT2D eigenvalue weighted by atomic mass is 32.2. The lowest BCUT2D eigenvalue weighted by molar-refractivity contribution is 0.0702. The quantitative estimate of drug-likeness (QED) is 0.818. The monoisotopic (exact) mass is 379 g/mol. The number of fused-ring (bicyclic) bond motifs is 1. The number of sulfone groups is 1. The van der Waals surface area contributed by atoms with Crippen LogP contribution in [-0.2, 0) is 29.2 Å². The first-order chi connectivity index (χ1) is 12.0. The van der Waals surface area contributed by atoms with Crippen molar-refractivity contribution in [3.05, 3.63) is 39.3 Å². The van der Waals surface area contributed by atoms with Crippen molar-refractivity contribution in [2.24, 2.45) is 0 Å². The van der Waals surface area contributed by atoms with Gasteiger partial charge in [0, 0.05) is 29.7 Å². The maximum absolute atomic E-state index is 13.1. The number of aryl methyl sites for hydroxylation is 3. The second-order valence-corrected chi connectivity index (χ2v) is 10.0. The molecule has 134 valence electrons. The molecule has 3 heterocycles. The molecule has 0 N–H and O–H groups in total. The standard InChI is InChI=1S/C17H21N3O3S2/c1-2-19-10-13(9-18-19)14-11-25(22,23)7-6-20(14)17(21)16-8-12-4-3-5-15(12)24-16/h8-10,14H,2-7,11H2,1H3/t14-/m0/s1. The maximum Gasteiger partial charge on any atom is 0.264 e. The van der Waals surface area contributed by atoms with Crippen LogP contribution in [0.15, 0.2) is 18.5 Å². The molecule has 0 spiro atoms. The van der Waals surface area contributed by atoms with Gasteiger partial charge in [-0.05, 0) is 37.8 Å². The average Bonchev–Trinajstić information content (AvgIpc) is 3.28. The minimum absolute atomic E-state index is 0.0285. The lowest BCUT2D eigenvalue weighted by Gasteiger charge is -2.34. The van der Waals surface area contributed by atoms with E-state index in [2.05, 4.69) is 5.10 Å². The van der Waals surface area contributed by atoms with Crippen molar-refractivity contribution in [2.75, 3.05) is 18.1 Å². The summed E-state index contributed by atoms with van der Waals surface area (Å²) in [6, 6.07) is 1.55. The molecule has 6 nitrogen and oxygen atoms in total. The van der Waals surface area contributed by atoms with E-state index in [0.29, 0.717) is 6.54 Å². The van der Waals surface area contributed by atoms with Gasteiger partial charge in [0.25, 0.3) is 5.91 Å². The molecule has 1 fully saturated rings. The highest BCUT2D eigenvalue weighted by Crippen LogP contribution is 2.34. The first-order valence-electron chi connectivity index (χ1n) is 8.62. The summed E-state index contributed by atoms with van der Waals surface area (Å²) in [5, 5.41) is 4.25. The summed E-state index contributed by atoms with van der Waals surface area (Å²) < 4.78 is 26.1. The Bertz CT molecular complexity index is 892. The second kappa shape index (κ2) is 6.25. The fourth-order valence-electron chi connectivity index (χ4n) is 3.63. The molecule has 1 aliphatic carbocycles. The largest absolute Gasteiger partial charge is 0.329 e. The predicted octanol–water partition coefficient (Wildman–Crippen LogP) is 2.07. The van der Waals surface area contributed by atoms with Crippen molar-refractivity contribution in [2.45, 2.75) is 38.8 Å². The van der Waals surface area contributed by atoms with Crippen LogP contribution in [0.25, 0.3) is 0 Å². The summed E-state index contributed by atoms with van der Waals surface area (Å²) in [4.78, 5) is 16.9. The van der Waals surface area contributed by atoms with Crippen LogP contribution in [0, 0.1) is 0 Å². The Morgan fingerprint density at radius 1 is 1.40 bits per heavy atom. The summed E-state index contributed by atoms with van der Waals surface area (Å²) in [6.45, 7) is 2.93. The van der Waals surface area contributed by atoms with E-state index < -0.39 is 15.9 Å². The molecule has 0 saturated carbocycles. The molecule has 2 aromatic rings. The first-order valence-corrected chi connectivity index (χ1v) is 11.3. The number of amides is 1. The third-order valence-corrected chi connectivity index (χ3v) is 7.86. The van der Waals surface area contributed by atoms with E-state index >= 15 is 0 Å². The molecule has 0 bridgehead atoms. The van der Waals surface area contributed by atoms with Gasteiger partial charge in [0.2, 0.25) is 0 Å². The zero-order valence-corrected chi connectivity index (χ0v) is 15.8. The van der Waals surface area contributed by atoms with E-state index in [1.807, 2.05) is 19.2 Å². The smallest absolute Gasteiger partial charge is 0.264 e. The van der Waals surface area contributed by atoms with Crippen LogP contribution in [0.2, 0.25) is 0 Å². The third kappa shape index (κ3) is 3.13. The molecule has 1 saturated heterocycles. The van der Waals surface area contributed by atoms with E-state index in [9.17, 15) is 13.2 Å². The third-order valence-electron chi connectivity index (χ3n) is 5.01. The summed E-state index contributed by atoms with van der Waals surface area (Å²) >= 11 is 1.57. The van der Waals surface area contributed by atoms with Gasteiger partial charge in [-0.25, -0.2) is 8.42 Å². The van der Waals surface area contributed by atoms with Crippen LogP contribution in [0.4, 0.5) is 0 Å². The van der Waals surface area contributed by atoms with Crippen molar-refractivity contribution < 1.29 is 13.2 Å². The molecule has 0 radical (unpaired) electrons. The second-order valence-electron chi connectivity index (χ2n) is 6.67. The minimum atomic E-state index is -3.15. The Morgan fingerprint density at radius 3 is 2.96 bits per heavy atom. The van der Waals surface area contributed by atoms with Crippen LogP contribution in [-0.4, -0.2) is 47.1 Å². The van der Waals surface area contributed by atoms with Crippen molar-refractivity contribution in [1.82, 2.24) is 14.7 Å². The van der Waals surface area contributed by atoms with Gasteiger partial charge in [-0.2, -0.15) is 5.10 Å². The van der Waals surface area contributed by atoms with E-state index in [0.717, 1.165) is 29.7 Å². The fraction of sp³-hybridized carbons (Fsp3) is 0.529. The summed E-state index contributed by atoms with van der Waals surface area (Å²) in [5.74, 6) is -0.0508. The average molecular weight is 380 g/mol. The van der Waals surface area contributed by atoms with Crippen molar-refractivity contribution in [3.63, 3.8) is 0 Å². The molecule has 1 aliphatic heterocycles. The Labute approximate surface area is 151 Å². The number of carbonyl (C=O) groups excluding carboxylic acids is 1. The Kier molecular flexibility index (Phi) is 4.19. The molecule has 8 heteroatoms. The van der Waals surface area contributed by atoms with Crippen LogP contribution < -0.4 is 0 Å². The highest BCUT2D eigenvalue weighted by molar-refractivity contribution is 7.91. The van der Waals surface area contributed by atoms with Gasteiger partial charge in [0.1, 0.15) is 0 Å². The lowest BCUT2D eigenvalue weighted by atomic mass is 10.1. The molecule has 25 heavy (non-hydrogen) atoms. The maximum atomic E-state index is 13.1. The van der Waals surface area contributed by atoms with Crippen LogP contribution in [0.1, 0.15) is 45.1 Å². The SMILES string of the molecule is CCn1cc([C@@H]2CS(=O)(=O)CCN2C(=O)c2cc3c(s2)CCC3)cn1. The Morgan fingerprint density at radius 2 is 2.24 bits per heavy atom. The van der Waals surface area contributed by atoms with E-state index in [1.54, 1.807) is 27.1 Å². The van der Waals surface area contributed by atoms with Gasteiger partial charge in [0.05, 0.1) is 28.6 Å². The molecular formula is C17H21N3O3S2. The topological polar surface area (TPSA) is 72.3 Å². The number of thiophene rings is 1. The van der Waals surface area contributed by atoms with Gasteiger partial charge in [0.15, 0.2) is 9.84 Å². The van der Waals surface area contributed by atoms with Gasteiger partial charge in [-0.15, -0.1) is 11.3 Å². The Balaban J connectivity index is 1.66. The first kappa shape index (κ1) is 16.8. The van der Waals surface area contributed by atoms with Gasteiger partial charge < -0.3 is 4.90 Å². The number of carbonyl (C=O) groups is 1. The summed E-state index contributed by atoms with van der Waals surface area (Å²) in [5.41, 5.74) is 2.08. The molecule has 2 aliphatic rings. The molecule has 0 aromatic carbocycles. The molecular weight excluding hydrogens is 358 g/mol. The normalized spacial score (nSPS) is 22.1. The minimum Gasteiger partial charge on any atom is -0.329 e. The molecule has 2 aromatic heterocycles. The molecule has 1 amide bonds. The molecule has 4 rings (SSSR count).